The van der Waals surface area contributed by atoms with Gasteiger partial charge < -0.3 is 9.80 Å². The van der Waals surface area contributed by atoms with E-state index in [1.165, 1.54) is 12.0 Å². The lowest BCUT2D eigenvalue weighted by atomic mass is 9.87. The van der Waals surface area contributed by atoms with E-state index in [1.807, 2.05) is 18.5 Å². The van der Waals surface area contributed by atoms with Gasteiger partial charge in [-0.25, -0.2) is 0 Å². The molecular weight excluding hydrogens is 300 g/mol. The SMILES string of the molecule is CN(C)CCN1C(=O)CC[C@@]12CCCN(Cc1cccnc1)CC2. The average molecular weight is 330 g/mol. The molecular formula is C19H30N4O. The molecule has 1 amide bonds. The second-order valence-electron chi connectivity index (χ2n) is 7.56. The summed E-state index contributed by atoms with van der Waals surface area (Å²) in [6, 6.07) is 4.16. The molecule has 1 aromatic heterocycles. The first-order valence-corrected chi connectivity index (χ1v) is 9.16. The number of aromatic nitrogens is 1. The summed E-state index contributed by atoms with van der Waals surface area (Å²) in [5.74, 6) is 0.359. The predicted octanol–water partition coefficient (Wildman–Crippen LogP) is 1.99. The Morgan fingerprint density at radius 1 is 1.25 bits per heavy atom. The van der Waals surface area contributed by atoms with Crippen molar-refractivity contribution in [1.82, 2.24) is 19.7 Å². The van der Waals surface area contributed by atoms with Crippen molar-refractivity contribution in [2.24, 2.45) is 0 Å². The lowest BCUT2D eigenvalue weighted by Gasteiger charge is -2.39. The zero-order valence-electron chi connectivity index (χ0n) is 15.1. The number of likely N-dealkylation sites (tertiary alicyclic amines) is 2. The number of carbonyl (C=O) groups excluding carboxylic acids is 1. The lowest BCUT2D eigenvalue weighted by molar-refractivity contribution is -0.131. The van der Waals surface area contributed by atoms with Crippen LogP contribution in [0.1, 0.15) is 37.7 Å². The molecule has 132 valence electrons. The Labute approximate surface area is 145 Å². The van der Waals surface area contributed by atoms with Gasteiger partial charge in [-0.15, -0.1) is 0 Å². The Morgan fingerprint density at radius 2 is 2.12 bits per heavy atom. The monoisotopic (exact) mass is 330 g/mol. The average Bonchev–Trinajstić information content (AvgIpc) is 2.74. The molecule has 1 aromatic rings. The fourth-order valence-corrected chi connectivity index (χ4v) is 4.20. The molecule has 0 unspecified atom stereocenters. The quantitative estimate of drug-likeness (QED) is 0.828. The van der Waals surface area contributed by atoms with E-state index in [4.69, 9.17) is 0 Å². The largest absolute Gasteiger partial charge is 0.336 e. The fourth-order valence-electron chi connectivity index (χ4n) is 4.20. The molecule has 0 saturated carbocycles. The van der Waals surface area contributed by atoms with Crippen LogP contribution >= 0.6 is 0 Å². The van der Waals surface area contributed by atoms with Crippen LogP contribution in [0.3, 0.4) is 0 Å². The standard InChI is InChI=1S/C19H30N4O/c1-21(2)13-14-23-18(24)6-8-19(23)7-4-11-22(12-9-19)16-17-5-3-10-20-15-17/h3,5,10,15H,4,6-9,11-14,16H2,1-2H3/t19-/m1/s1. The van der Waals surface area contributed by atoms with Crippen LogP contribution in [0.2, 0.25) is 0 Å². The van der Waals surface area contributed by atoms with E-state index in [-0.39, 0.29) is 5.54 Å². The fraction of sp³-hybridized carbons (Fsp3) is 0.684. The van der Waals surface area contributed by atoms with E-state index in [0.29, 0.717) is 5.91 Å². The summed E-state index contributed by atoms with van der Waals surface area (Å²) >= 11 is 0. The van der Waals surface area contributed by atoms with Gasteiger partial charge in [0.25, 0.3) is 0 Å². The Balaban J connectivity index is 1.63. The van der Waals surface area contributed by atoms with Gasteiger partial charge in [-0.2, -0.15) is 0 Å². The van der Waals surface area contributed by atoms with E-state index < -0.39 is 0 Å². The minimum Gasteiger partial charge on any atom is -0.336 e. The highest BCUT2D eigenvalue weighted by atomic mass is 16.2. The molecule has 5 nitrogen and oxygen atoms in total. The third-order valence-electron chi connectivity index (χ3n) is 5.59. The first kappa shape index (κ1) is 17.4. The van der Waals surface area contributed by atoms with Crippen LogP contribution in [0.5, 0.6) is 0 Å². The van der Waals surface area contributed by atoms with Gasteiger partial charge in [0, 0.05) is 50.5 Å². The van der Waals surface area contributed by atoms with Crippen molar-refractivity contribution >= 4 is 5.91 Å². The third kappa shape index (κ3) is 3.95. The van der Waals surface area contributed by atoms with Crippen molar-refractivity contribution in [2.45, 2.75) is 44.2 Å². The summed E-state index contributed by atoms with van der Waals surface area (Å²) < 4.78 is 0. The summed E-state index contributed by atoms with van der Waals surface area (Å²) in [6.07, 6.45) is 8.99. The number of pyridine rings is 1. The van der Waals surface area contributed by atoms with Crippen molar-refractivity contribution in [3.05, 3.63) is 30.1 Å². The highest BCUT2D eigenvalue weighted by Gasteiger charge is 2.45. The zero-order valence-corrected chi connectivity index (χ0v) is 15.1. The highest BCUT2D eigenvalue weighted by Crippen LogP contribution is 2.39. The number of rotatable bonds is 5. The molecule has 3 heterocycles. The maximum absolute atomic E-state index is 12.4. The number of hydrogen-bond acceptors (Lipinski definition) is 4. The molecule has 2 saturated heterocycles. The normalized spacial score (nSPS) is 25.6. The van der Waals surface area contributed by atoms with E-state index in [2.05, 4.69) is 39.8 Å². The molecule has 24 heavy (non-hydrogen) atoms. The smallest absolute Gasteiger partial charge is 0.223 e. The van der Waals surface area contributed by atoms with Crippen LogP contribution in [0.4, 0.5) is 0 Å². The second-order valence-corrected chi connectivity index (χ2v) is 7.56. The van der Waals surface area contributed by atoms with Crippen LogP contribution in [0.15, 0.2) is 24.5 Å². The summed E-state index contributed by atoms with van der Waals surface area (Å²) in [5.41, 5.74) is 1.39. The molecule has 2 aliphatic rings. The van der Waals surface area contributed by atoms with E-state index in [9.17, 15) is 4.79 Å². The van der Waals surface area contributed by atoms with Gasteiger partial charge in [-0.3, -0.25) is 14.7 Å². The summed E-state index contributed by atoms with van der Waals surface area (Å²) in [7, 11) is 4.16. The summed E-state index contributed by atoms with van der Waals surface area (Å²) in [4.78, 5) is 23.6. The Morgan fingerprint density at radius 3 is 2.88 bits per heavy atom. The molecule has 0 aliphatic carbocycles. The maximum Gasteiger partial charge on any atom is 0.223 e. The van der Waals surface area contributed by atoms with Crippen LogP contribution < -0.4 is 0 Å². The number of nitrogens with zero attached hydrogens (tertiary/aromatic N) is 4. The topological polar surface area (TPSA) is 39.7 Å². The number of hydrogen-bond donors (Lipinski definition) is 0. The predicted molar refractivity (Wildman–Crippen MR) is 95.6 cm³/mol. The van der Waals surface area contributed by atoms with Gasteiger partial charge in [0.05, 0.1) is 0 Å². The van der Waals surface area contributed by atoms with Crippen LogP contribution in [-0.2, 0) is 11.3 Å². The first-order chi connectivity index (χ1) is 11.6. The zero-order chi connectivity index (χ0) is 17.0. The Hall–Kier alpha value is -1.46. The van der Waals surface area contributed by atoms with Gasteiger partial charge in [0.1, 0.15) is 0 Å². The van der Waals surface area contributed by atoms with E-state index >= 15 is 0 Å². The molecule has 2 fully saturated rings. The Bertz CT molecular complexity index is 548. The van der Waals surface area contributed by atoms with Gasteiger partial charge in [-0.1, -0.05) is 6.07 Å². The molecule has 0 aromatic carbocycles. The molecule has 3 rings (SSSR count). The van der Waals surface area contributed by atoms with Gasteiger partial charge >= 0.3 is 0 Å². The first-order valence-electron chi connectivity index (χ1n) is 9.16. The number of carbonyl (C=O) groups is 1. The minimum atomic E-state index is 0.108. The number of likely N-dealkylation sites (N-methyl/N-ethyl adjacent to an activating group) is 1. The number of amides is 1. The van der Waals surface area contributed by atoms with Crippen LogP contribution in [0.25, 0.3) is 0 Å². The van der Waals surface area contributed by atoms with Crippen molar-refractivity contribution in [2.75, 3.05) is 40.3 Å². The van der Waals surface area contributed by atoms with Crippen molar-refractivity contribution in [3.8, 4) is 0 Å². The van der Waals surface area contributed by atoms with Crippen LogP contribution in [0, 0.1) is 0 Å². The van der Waals surface area contributed by atoms with Gasteiger partial charge in [-0.05, 0) is 58.0 Å². The summed E-state index contributed by atoms with van der Waals surface area (Å²) in [6.45, 7) is 4.98. The Kier molecular flexibility index (Phi) is 5.51. The maximum atomic E-state index is 12.4. The van der Waals surface area contributed by atoms with Crippen LogP contribution in [-0.4, -0.2) is 71.4 Å². The van der Waals surface area contributed by atoms with Crippen molar-refractivity contribution in [3.63, 3.8) is 0 Å². The van der Waals surface area contributed by atoms with E-state index in [1.54, 1.807) is 0 Å². The molecule has 0 radical (unpaired) electrons. The van der Waals surface area contributed by atoms with Crippen molar-refractivity contribution in [1.29, 1.82) is 0 Å². The lowest BCUT2D eigenvalue weighted by Crippen LogP contribution is -2.48. The van der Waals surface area contributed by atoms with Gasteiger partial charge in [0.2, 0.25) is 5.91 Å². The molecule has 0 N–H and O–H groups in total. The minimum absolute atomic E-state index is 0.108. The molecule has 2 aliphatic heterocycles. The van der Waals surface area contributed by atoms with Gasteiger partial charge in [0.15, 0.2) is 0 Å². The second kappa shape index (κ2) is 7.62. The molecule has 1 atom stereocenters. The van der Waals surface area contributed by atoms with Crippen molar-refractivity contribution < 1.29 is 4.79 Å². The highest BCUT2D eigenvalue weighted by molar-refractivity contribution is 5.79. The summed E-state index contributed by atoms with van der Waals surface area (Å²) in [5, 5.41) is 0. The molecule has 5 heteroatoms. The van der Waals surface area contributed by atoms with E-state index in [0.717, 1.165) is 58.4 Å². The molecule has 0 bridgehead atoms. The third-order valence-corrected chi connectivity index (χ3v) is 5.59. The molecule has 1 spiro atoms.